The van der Waals surface area contributed by atoms with E-state index in [0.29, 0.717) is 43.4 Å². The van der Waals surface area contributed by atoms with Crippen LogP contribution in [0.5, 0.6) is 11.5 Å². The van der Waals surface area contributed by atoms with Gasteiger partial charge in [0.1, 0.15) is 11.9 Å². The molecule has 1 aromatic rings. The Kier molecular flexibility index (Phi) is 3.34. The molecule has 1 unspecified atom stereocenters. The van der Waals surface area contributed by atoms with Crippen LogP contribution in [0.3, 0.4) is 0 Å². The highest BCUT2D eigenvalue weighted by atomic mass is 19.1. The van der Waals surface area contributed by atoms with Crippen LogP contribution < -0.4 is 14.8 Å². The highest BCUT2D eigenvalue weighted by Crippen LogP contribution is 2.39. The van der Waals surface area contributed by atoms with Crippen LogP contribution in [0.4, 0.5) is 4.39 Å². The quantitative estimate of drug-likeness (QED) is 0.826. The van der Waals surface area contributed by atoms with Crippen LogP contribution in [0.15, 0.2) is 12.1 Å². The molecule has 0 saturated carbocycles. The monoisotopic (exact) mass is 253 g/mol. The third-order valence-electron chi connectivity index (χ3n) is 3.15. The predicted octanol–water partition coefficient (Wildman–Crippen LogP) is 1.65. The predicted molar refractivity (Wildman–Crippen MR) is 63.6 cm³/mol. The summed E-state index contributed by atoms with van der Waals surface area (Å²) in [5, 5.41) is 3.19. The van der Waals surface area contributed by atoms with Gasteiger partial charge < -0.3 is 19.5 Å². The van der Waals surface area contributed by atoms with Crippen molar-refractivity contribution in [3.8, 4) is 11.5 Å². The lowest BCUT2D eigenvalue weighted by molar-refractivity contribution is 0.0236. The van der Waals surface area contributed by atoms with Gasteiger partial charge in [-0.3, -0.25) is 0 Å². The van der Waals surface area contributed by atoms with Gasteiger partial charge in [0.15, 0.2) is 11.5 Å². The lowest BCUT2D eigenvalue weighted by atomic mass is 10.1. The Balaban J connectivity index is 2.00. The minimum absolute atomic E-state index is 0.298. The number of nitrogens with one attached hydrogen (secondary N) is 1. The first kappa shape index (κ1) is 11.7. The van der Waals surface area contributed by atoms with Crippen molar-refractivity contribution >= 4 is 0 Å². The average molecular weight is 253 g/mol. The van der Waals surface area contributed by atoms with Crippen molar-refractivity contribution in [2.24, 2.45) is 0 Å². The first-order valence-corrected chi connectivity index (χ1v) is 6.26. The van der Waals surface area contributed by atoms with Gasteiger partial charge in [-0.05, 0) is 12.1 Å². The van der Waals surface area contributed by atoms with E-state index in [4.69, 9.17) is 14.2 Å². The van der Waals surface area contributed by atoms with Gasteiger partial charge in [-0.25, -0.2) is 4.39 Å². The standard InChI is InChI=1S/C13H16FNO3/c14-9-2-3-10-13(18-6-1-5-16-10)12(9)11-8-15-4-7-17-11/h2-3,11,15H,1,4-8H2. The molecule has 1 atom stereocenters. The molecule has 2 aliphatic rings. The molecule has 3 rings (SSSR count). The summed E-state index contributed by atoms with van der Waals surface area (Å²) in [4.78, 5) is 0. The SMILES string of the molecule is Fc1ccc2c(c1C1CNCCO1)OCCCO2. The molecule has 0 aliphatic carbocycles. The summed E-state index contributed by atoms with van der Waals surface area (Å²) >= 11 is 0. The van der Waals surface area contributed by atoms with E-state index < -0.39 is 0 Å². The van der Waals surface area contributed by atoms with Crippen molar-refractivity contribution in [2.75, 3.05) is 32.9 Å². The Morgan fingerprint density at radius 1 is 1.17 bits per heavy atom. The number of rotatable bonds is 1. The molecule has 18 heavy (non-hydrogen) atoms. The maximum absolute atomic E-state index is 14.1. The van der Waals surface area contributed by atoms with Crippen molar-refractivity contribution in [2.45, 2.75) is 12.5 Å². The number of hydrogen-bond acceptors (Lipinski definition) is 4. The number of ether oxygens (including phenoxy) is 3. The van der Waals surface area contributed by atoms with Gasteiger partial charge in [-0.15, -0.1) is 0 Å². The minimum Gasteiger partial charge on any atom is -0.490 e. The smallest absolute Gasteiger partial charge is 0.169 e. The number of hydrogen-bond donors (Lipinski definition) is 1. The lowest BCUT2D eigenvalue weighted by Gasteiger charge is -2.26. The molecule has 0 radical (unpaired) electrons. The number of fused-ring (bicyclic) bond motifs is 1. The van der Waals surface area contributed by atoms with Crippen LogP contribution in [0.25, 0.3) is 0 Å². The van der Waals surface area contributed by atoms with Gasteiger partial charge in [-0.2, -0.15) is 0 Å². The highest BCUT2D eigenvalue weighted by molar-refractivity contribution is 5.49. The first-order valence-electron chi connectivity index (χ1n) is 6.26. The van der Waals surface area contributed by atoms with E-state index in [1.165, 1.54) is 6.07 Å². The van der Waals surface area contributed by atoms with E-state index in [1.54, 1.807) is 6.07 Å². The fourth-order valence-electron chi connectivity index (χ4n) is 2.28. The van der Waals surface area contributed by atoms with Gasteiger partial charge in [0, 0.05) is 19.5 Å². The van der Waals surface area contributed by atoms with E-state index in [2.05, 4.69) is 5.32 Å². The number of morpholine rings is 1. The number of benzene rings is 1. The summed E-state index contributed by atoms with van der Waals surface area (Å²) in [6.07, 6.45) is 0.495. The molecule has 1 saturated heterocycles. The molecule has 0 aromatic heterocycles. The summed E-state index contributed by atoms with van der Waals surface area (Å²) < 4.78 is 30.9. The van der Waals surface area contributed by atoms with Gasteiger partial charge >= 0.3 is 0 Å². The van der Waals surface area contributed by atoms with E-state index in [1.807, 2.05) is 0 Å². The van der Waals surface area contributed by atoms with Crippen LogP contribution in [0, 0.1) is 5.82 Å². The van der Waals surface area contributed by atoms with Crippen molar-refractivity contribution < 1.29 is 18.6 Å². The molecule has 0 amide bonds. The summed E-state index contributed by atoms with van der Waals surface area (Å²) in [5.41, 5.74) is 0.474. The third kappa shape index (κ3) is 2.15. The number of halogens is 1. The van der Waals surface area contributed by atoms with Gasteiger partial charge in [0.2, 0.25) is 0 Å². The van der Waals surface area contributed by atoms with E-state index in [-0.39, 0.29) is 11.9 Å². The van der Waals surface area contributed by atoms with Crippen LogP contribution in [0.1, 0.15) is 18.1 Å². The lowest BCUT2D eigenvalue weighted by Crippen LogP contribution is -2.34. The molecule has 0 spiro atoms. The molecular formula is C13H16FNO3. The molecule has 1 fully saturated rings. The van der Waals surface area contributed by atoms with Crippen LogP contribution in [0.2, 0.25) is 0 Å². The topological polar surface area (TPSA) is 39.7 Å². The largest absolute Gasteiger partial charge is 0.490 e. The molecule has 2 aliphatic heterocycles. The Hall–Kier alpha value is -1.33. The van der Waals surface area contributed by atoms with E-state index in [0.717, 1.165) is 13.0 Å². The second-order valence-corrected chi connectivity index (χ2v) is 4.40. The fraction of sp³-hybridized carbons (Fsp3) is 0.538. The van der Waals surface area contributed by atoms with Crippen LogP contribution in [-0.2, 0) is 4.74 Å². The molecular weight excluding hydrogens is 237 g/mol. The maximum atomic E-state index is 14.1. The Morgan fingerprint density at radius 2 is 2.06 bits per heavy atom. The van der Waals surface area contributed by atoms with E-state index in [9.17, 15) is 4.39 Å². The van der Waals surface area contributed by atoms with Gasteiger partial charge in [0.05, 0.1) is 25.4 Å². The summed E-state index contributed by atoms with van der Waals surface area (Å²) in [6, 6.07) is 3.04. The first-order chi connectivity index (χ1) is 8.86. The van der Waals surface area contributed by atoms with Crippen molar-refractivity contribution in [3.05, 3.63) is 23.5 Å². The highest BCUT2D eigenvalue weighted by Gasteiger charge is 2.27. The molecule has 4 nitrogen and oxygen atoms in total. The summed E-state index contributed by atoms with van der Waals surface area (Å²) in [5.74, 6) is 0.812. The second-order valence-electron chi connectivity index (χ2n) is 4.40. The maximum Gasteiger partial charge on any atom is 0.169 e. The van der Waals surface area contributed by atoms with E-state index >= 15 is 0 Å². The molecule has 0 bridgehead atoms. The zero-order valence-electron chi connectivity index (χ0n) is 10.1. The molecule has 5 heteroatoms. The second kappa shape index (κ2) is 5.12. The molecule has 98 valence electrons. The summed E-state index contributed by atoms with van der Waals surface area (Å²) in [6.45, 7) is 3.11. The van der Waals surface area contributed by atoms with Crippen molar-refractivity contribution in [3.63, 3.8) is 0 Å². The molecule has 1 aromatic carbocycles. The average Bonchev–Trinajstić information content (AvgIpc) is 2.65. The Morgan fingerprint density at radius 3 is 2.89 bits per heavy atom. The normalized spacial score (nSPS) is 23.5. The van der Waals surface area contributed by atoms with Crippen LogP contribution in [-0.4, -0.2) is 32.9 Å². The third-order valence-corrected chi connectivity index (χ3v) is 3.15. The van der Waals surface area contributed by atoms with Crippen LogP contribution >= 0.6 is 0 Å². The zero-order valence-corrected chi connectivity index (χ0v) is 10.1. The summed E-state index contributed by atoms with van der Waals surface area (Å²) in [7, 11) is 0. The Labute approximate surface area is 105 Å². The Bertz CT molecular complexity index is 432. The fourth-order valence-corrected chi connectivity index (χ4v) is 2.28. The minimum atomic E-state index is -0.310. The van der Waals surface area contributed by atoms with Crippen molar-refractivity contribution in [1.29, 1.82) is 0 Å². The van der Waals surface area contributed by atoms with Gasteiger partial charge in [-0.1, -0.05) is 0 Å². The van der Waals surface area contributed by atoms with Gasteiger partial charge in [0.25, 0.3) is 0 Å². The van der Waals surface area contributed by atoms with Crippen molar-refractivity contribution in [1.82, 2.24) is 5.32 Å². The zero-order chi connectivity index (χ0) is 12.4. The molecule has 2 heterocycles. The molecule has 1 N–H and O–H groups in total.